The Morgan fingerprint density at radius 3 is 1.03 bits per heavy atom. The van der Waals surface area contributed by atoms with Crippen molar-refractivity contribution in [2.75, 3.05) is 44.3 Å². The largest absolute Gasteiger partial charge is 1.00 e. The number of rotatable bonds is 13. The second-order valence-electron chi connectivity index (χ2n) is 28.0. The Morgan fingerprint density at radius 1 is 0.493 bits per heavy atom. The summed E-state index contributed by atoms with van der Waals surface area (Å²) in [4.78, 5) is 138. The number of ketones is 1. The maximum absolute atomic E-state index is 12.0. The number of carbonyl (C=O) groups excluding carboxylic acids is 7. The summed E-state index contributed by atoms with van der Waals surface area (Å²) < 4.78 is 43.0. The van der Waals surface area contributed by atoms with Crippen LogP contribution in [0.2, 0.25) is 0 Å². The number of nitrogens with two attached hydrogens (primary N) is 9. The fraction of sp³-hybridized carbons (Fsp3) is 0.311. The van der Waals surface area contributed by atoms with Crippen molar-refractivity contribution in [2.45, 2.75) is 164 Å². The van der Waals surface area contributed by atoms with Crippen molar-refractivity contribution in [3.8, 4) is 6.07 Å². The molecule has 18 rings (SSSR count). The molecule has 10 heterocycles. The molecule has 0 atom stereocenters. The molecule has 732 valence electrons. The van der Waals surface area contributed by atoms with Crippen molar-refractivity contribution in [1.29, 1.82) is 5.26 Å². The van der Waals surface area contributed by atoms with E-state index in [1.165, 1.54) is 111 Å². The number of H-pyrrole nitrogens is 3. The number of nitriles is 1. The van der Waals surface area contributed by atoms with Crippen molar-refractivity contribution in [3.05, 3.63) is 213 Å². The molecule has 0 unspecified atom stereocenters. The van der Waals surface area contributed by atoms with Crippen LogP contribution in [-0.2, 0) is 154 Å². The van der Waals surface area contributed by atoms with Gasteiger partial charge < -0.3 is 92.3 Å². The molecule has 138 heavy (non-hydrogen) atoms. The first-order chi connectivity index (χ1) is 66.9. The number of nitrogens with one attached hydrogen (secondary N) is 3. The zero-order chi connectivity index (χ0) is 103. The topological polar surface area (TPSA) is 575 Å². The second kappa shape index (κ2) is 64.1. The van der Waals surface area contributed by atoms with Gasteiger partial charge in [0.1, 0.15) is 44.2 Å². The predicted octanol–water partition coefficient (Wildman–Crippen LogP) is 9.83. The number of primary amides is 5. The Labute approximate surface area is 903 Å². The number of carbonyl (C=O) groups is 7. The molecule has 1 saturated carbocycles. The number of aryl methyl sites for hydroxylation is 5. The summed E-state index contributed by atoms with van der Waals surface area (Å²) in [5.74, 6) is -0.514. The van der Waals surface area contributed by atoms with Crippen LogP contribution in [0.4, 0.5) is 20.0 Å². The third-order valence-corrected chi connectivity index (χ3v) is 38.2. The third-order valence-electron chi connectivity index (χ3n) is 19.6. The van der Waals surface area contributed by atoms with E-state index in [0.717, 1.165) is 176 Å². The normalized spacial score (nSPS) is 11.7. The number of nitrogens with zero attached hydrogens (tertiary/aromatic N) is 4. The monoisotopic (exact) mass is 2180 g/mol. The van der Waals surface area contributed by atoms with E-state index in [-0.39, 0.29) is 116 Å². The van der Waals surface area contributed by atoms with Crippen LogP contribution in [0, 0.1) is 11.3 Å². The minimum Gasteiger partial charge on any atom is -1.00 e. The minimum atomic E-state index is -0.833. The predicted molar refractivity (Wildman–Crippen MR) is 583 cm³/mol. The summed E-state index contributed by atoms with van der Waals surface area (Å²) in [7, 11) is 15.0. The van der Waals surface area contributed by atoms with Crippen LogP contribution < -0.4 is 133 Å². The van der Waals surface area contributed by atoms with Gasteiger partial charge in [-0.1, -0.05) is 140 Å². The van der Waals surface area contributed by atoms with Crippen LogP contribution in [-0.4, -0.2) is 99.0 Å². The summed E-state index contributed by atoms with van der Waals surface area (Å²) in [6.07, 6.45) is 16.4. The number of amides is 5. The number of ether oxygens (including phenoxy) is 3. The van der Waals surface area contributed by atoms with Gasteiger partial charge >= 0.3 is 59.1 Å². The van der Waals surface area contributed by atoms with Crippen molar-refractivity contribution in [3.63, 3.8) is 0 Å². The van der Waals surface area contributed by atoms with E-state index in [1.807, 2.05) is 142 Å². The van der Waals surface area contributed by atoms with Gasteiger partial charge in [0.05, 0.1) is 64.5 Å². The number of benzene rings is 5. The number of anilines is 4. The van der Waals surface area contributed by atoms with Crippen LogP contribution in [0.1, 0.15) is 200 Å². The third kappa shape index (κ3) is 35.6. The molecule has 5 aromatic carbocycles. The van der Waals surface area contributed by atoms with Crippen LogP contribution in [0.3, 0.4) is 0 Å². The summed E-state index contributed by atoms with van der Waals surface area (Å²) in [5, 5.41) is 25.0. The molecule has 3 aliphatic rings. The molecule has 1 fully saturated rings. The number of aromatic nitrogens is 6. The first-order valence-electron chi connectivity index (χ1n) is 43.5. The number of thiophene rings is 7. The molecule has 31 nitrogen and oxygen atoms in total. The van der Waals surface area contributed by atoms with Crippen molar-refractivity contribution in [2.24, 2.45) is 28.7 Å². The minimum absolute atomic E-state index is 0. The maximum Gasteiger partial charge on any atom is 1.00 e. The standard InChI is InChI=1S/3C12H10N2OS.2C9H12N2OS.2C9H8N2OS.C6H14O3.C6H10O.C3H4N2O.CH2O3.2CH4.2Na.S8.H2.H/c3*1-2-9-13-11(15)10-7-5-3-4-6-8(7)16-12(10)14-9;4*10-8(12)7-5-3-1-2-4-6(5)13-9(7)11;1-5-6(7-2,8-3)9-4;7-6-4-2-1-3-5-6;4-2-1-3(5)6;2-1-4-3;;;;;1-3-5-7-8-6-4-2;;/h3*3-6H,2H2,1H3,(H,13,14,15);2*1-4,11H2,(H2,10,12);2*1-4H,11H2,(H2,10,12);5H2,1-4H3;1-5H2;1H2,(H2,5,6);1,3H;2*1H4;;;;1H;/q;;;;;;;;;;;;;2*+1;;;-1/p-1/i1D;;;;;;;;;;;1D;;;;;1+1D;. The number of hydrogen-bond acceptors (Lipinski definition) is 32. The van der Waals surface area contributed by atoms with Gasteiger partial charge in [0.25, 0.3) is 52.8 Å². The van der Waals surface area contributed by atoms with Crippen LogP contribution in [0.25, 0.3) is 81.1 Å². The summed E-state index contributed by atoms with van der Waals surface area (Å²) in [5.41, 5.74) is 52.5. The second-order valence-corrected chi connectivity index (χ2v) is 46.2. The fourth-order valence-electron chi connectivity index (χ4n) is 13.6. The molecule has 48 heteroatoms. The van der Waals surface area contributed by atoms with E-state index in [9.17, 15) is 43.2 Å². The zero-order valence-corrected chi connectivity index (χ0v) is 92.5. The number of nitrogen functional groups attached to an aromatic ring is 4. The number of fused-ring (bicyclic) bond motifs is 13. The number of hydrogen-bond donors (Lipinski definition) is 12. The summed E-state index contributed by atoms with van der Waals surface area (Å²) in [6, 6.07) is 40.3. The van der Waals surface area contributed by atoms with Gasteiger partial charge in [0.15, 0.2) is 0 Å². The Hall–Kier alpha value is -8.50. The molecule has 0 aliphatic heterocycles. The van der Waals surface area contributed by atoms with E-state index >= 15 is 0 Å². The maximum atomic E-state index is 12.0. The van der Waals surface area contributed by atoms with E-state index < -0.39 is 23.7 Å². The van der Waals surface area contributed by atoms with E-state index in [0.29, 0.717) is 72.1 Å². The fourth-order valence-corrected chi connectivity index (χ4v) is 32.1. The molecule has 0 spiro atoms. The molecule has 0 radical (unpaired) electrons. The Kier molecular flexibility index (Phi) is 54.9. The Balaban J connectivity index is 0.000000787. The van der Waals surface area contributed by atoms with Crippen molar-refractivity contribution < 1.29 is 124 Å². The first-order valence-corrected chi connectivity index (χ1v) is 55.8. The zero-order valence-electron chi connectivity index (χ0n) is 81.3. The van der Waals surface area contributed by atoms with E-state index in [2.05, 4.69) is 62.9 Å². The summed E-state index contributed by atoms with van der Waals surface area (Å²) in [6.45, 7) is 5.95. The first kappa shape index (κ1) is 118. The number of methoxy groups -OCH3 is 3. The average molecular weight is 2190 g/mol. The van der Waals surface area contributed by atoms with Crippen molar-refractivity contribution in [1.82, 2.24) is 29.9 Å². The van der Waals surface area contributed by atoms with E-state index in [4.69, 9.17) is 81.1 Å². The molecule has 0 bridgehead atoms. The molecule has 15 aromatic rings. The molecule has 21 N–H and O–H groups in total. The molecular formula is C90H110N16Na2O15S15. The van der Waals surface area contributed by atoms with Crippen LogP contribution in [0.15, 0.2) is 136 Å². The van der Waals surface area contributed by atoms with Gasteiger partial charge in [0.2, 0.25) is 5.91 Å². The Morgan fingerprint density at radius 2 is 0.783 bits per heavy atom. The van der Waals surface area contributed by atoms with Gasteiger partial charge in [-0.05, 0) is 106 Å². The van der Waals surface area contributed by atoms with Gasteiger partial charge in [-0.2, -0.15) is 5.26 Å². The van der Waals surface area contributed by atoms with Crippen LogP contribution in [0.5, 0.6) is 0 Å². The molecule has 0 saturated heterocycles. The van der Waals surface area contributed by atoms with Crippen molar-refractivity contribution >= 4 is 298 Å². The summed E-state index contributed by atoms with van der Waals surface area (Å²) >= 11 is 19.7. The van der Waals surface area contributed by atoms with Crippen LogP contribution >= 0.6 is 79.4 Å². The Bertz CT molecular complexity index is 6890. The molecular weight excluding hydrogens is 2070 g/mol. The van der Waals surface area contributed by atoms with Gasteiger partial charge in [0, 0.05) is 201 Å². The molecule has 5 amide bonds. The van der Waals surface area contributed by atoms with Gasteiger partial charge in [-0.3, -0.25) is 47.9 Å². The smallest absolute Gasteiger partial charge is 1.00 e. The SMILES string of the molecule is C.CCC(OC)(OC)OC.CCc1nc2sc3ccccc3c2c(=O)[nH]1.CCc1nc2sc3ccccc3c2c(=O)[nH]1.N#CCC(N)=O.NC(=O)c1c(N)sc2c1CCCC2.NC(=O)c1c(N)sc2c1CCCC2.NC(=O)c1c(N)sc2ccccc12.NC(=O)c1c(N)sc2ccccc12.O=C1CCCCC1.O=CO[O-].S=S=S=S=S=S=S=S.[2H]C.[2H]CCc1nc2sc3ccccc3c2c(=O)[nH]1.[2H][2H].[H-].[Na+].[Na+]. The molecule has 3 aliphatic carbocycles. The number of Topliss-reactive ketones (excluding diaryl/α,β-unsaturated/α-hetero) is 1. The quantitative estimate of drug-likeness (QED) is 0.0168. The van der Waals surface area contributed by atoms with Gasteiger partial charge in [-0.15, -0.1) is 79.4 Å². The average Bonchev–Trinajstić information content (AvgIpc) is 1.62. The number of aromatic amines is 3. The molecule has 10 aromatic heterocycles. The van der Waals surface area contributed by atoms with Gasteiger partial charge in [-0.25, -0.2) is 15.0 Å². The van der Waals surface area contributed by atoms with E-state index in [1.54, 1.807) is 85.6 Å².